The minimum atomic E-state index is -0.262. The number of hydrogen-bond donors (Lipinski definition) is 0. The summed E-state index contributed by atoms with van der Waals surface area (Å²) in [6, 6.07) is 6.62. The van der Waals surface area contributed by atoms with Gasteiger partial charge in [0.05, 0.1) is 6.42 Å². The molecule has 0 bridgehead atoms. The third-order valence-corrected chi connectivity index (χ3v) is 3.75. The van der Waals surface area contributed by atoms with Crippen LogP contribution in [-0.2, 0) is 11.2 Å². The first-order chi connectivity index (χ1) is 9.06. The summed E-state index contributed by atoms with van der Waals surface area (Å²) in [5, 5.41) is 0. The van der Waals surface area contributed by atoms with Gasteiger partial charge in [-0.05, 0) is 44.6 Å². The molecule has 1 aromatic carbocycles. The minimum Gasteiger partial charge on any atom is -0.341 e. The number of piperidine rings is 1. The molecular formula is C15H21FN2O. The molecule has 0 aromatic heterocycles. The highest BCUT2D eigenvalue weighted by molar-refractivity contribution is 5.78. The van der Waals surface area contributed by atoms with E-state index in [1.807, 2.05) is 4.90 Å². The van der Waals surface area contributed by atoms with Gasteiger partial charge in [0.15, 0.2) is 0 Å². The molecule has 0 saturated carbocycles. The van der Waals surface area contributed by atoms with Crippen molar-refractivity contribution in [3.8, 4) is 0 Å². The zero-order chi connectivity index (χ0) is 13.8. The van der Waals surface area contributed by atoms with Crippen molar-refractivity contribution >= 4 is 5.91 Å². The van der Waals surface area contributed by atoms with Crippen molar-refractivity contribution in [3.05, 3.63) is 35.6 Å². The normalized spacial score (nSPS) is 19.8. The van der Waals surface area contributed by atoms with E-state index in [-0.39, 0.29) is 11.7 Å². The maximum Gasteiger partial charge on any atom is 0.227 e. The van der Waals surface area contributed by atoms with Crippen LogP contribution in [0.5, 0.6) is 0 Å². The number of benzene rings is 1. The van der Waals surface area contributed by atoms with Crippen LogP contribution in [0.2, 0.25) is 0 Å². The Morgan fingerprint density at radius 3 is 2.68 bits per heavy atom. The Morgan fingerprint density at radius 2 is 2.05 bits per heavy atom. The van der Waals surface area contributed by atoms with Gasteiger partial charge in [-0.15, -0.1) is 0 Å². The Labute approximate surface area is 114 Å². The lowest BCUT2D eigenvalue weighted by atomic mass is 10.0. The largest absolute Gasteiger partial charge is 0.341 e. The first-order valence-corrected chi connectivity index (χ1v) is 6.75. The van der Waals surface area contributed by atoms with Gasteiger partial charge in [-0.1, -0.05) is 12.1 Å². The van der Waals surface area contributed by atoms with E-state index < -0.39 is 0 Å². The fourth-order valence-corrected chi connectivity index (χ4v) is 2.49. The summed E-state index contributed by atoms with van der Waals surface area (Å²) < 4.78 is 12.8. The number of rotatable bonds is 3. The number of hydrogen-bond acceptors (Lipinski definition) is 2. The van der Waals surface area contributed by atoms with Crippen LogP contribution in [0.25, 0.3) is 0 Å². The van der Waals surface area contributed by atoms with Gasteiger partial charge in [0, 0.05) is 19.1 Å². The lowest BCUT2D eigenvalue weighted by Crippen LogP contribution is -2.47. The van der Waals surface area contributed by atoms with Crippen molar-refractivity contribution in [1.82, 2.24) is 9.80 Å². The van der Waals surface area contributed by atoms with Gasteiger partial charge in [-0.3, -0.25) is 4.79 Å². The molecular weight excluding hydrogens is 243 g/mol. The topological polar surface area (TPSA) is 23.6 Å². The van der Waals surface area contributed by atoms with E-state index in [0.717, 1.165) is 31.5 Å². The summed E-state index contributed by atoms with van der Waals surface area (Å²) in [5.41, 5.74) is 0.873. The van der Waals surface area contributed by atoms with Crippen LogP contribution in [0.4, 0.5) is 4.39 Å². The molecule has 0 N–H and O–H groups in total. The Morgan fingerprint density at radius 1 is 1.37 bits per heavy atom. The molecule has 1 heterocycles. The third-order valence-electron chi connectivity index (χ3n) is 3.75. The molecule has 1 aliphatic heterocycles. The van der Waals surface area contributed by atoms with Gasteiger partial charge < -0.3 is 9.80 Å². The number of carbonyl (C=O) groups is 1. The van der Waals surface area contributed by atoms with Gasteiger partial charge in [-0.2, -0.15) is 0 Å². The first kappa shape index (κ1) is 14.0. The van der Waals surface area contributed by atoms with Crippen LogP contribution in [0, 0.1) is 5.82 Å². The van der Waals surface area contributed by atoms with Crippen LogP contribution in [0.1, 0.15) is 18.4 Å². The average Bonchev–Trinajstić information content (AvgIpc) is 2.41. The number of likely N-dealkylation sites (N-methyl/N-ethyl adjacent to an activating group) is 1. The summed E-state index contributed by atoms with van der Waals surface area (Å²) in [6.45, 7) is 1.64. The molecule has 1 unspecified atom stereocenters. The molecule has 0 radical (unpaired) electrons. The molecule has 0 spiro atoms. The Balaban J connectivity index is 1.94. The predicted octanol–water partition coefficient (Wildman–Crippen LogP) is 1.92. The number of halogens is 1. The van der Waals surface area contributed by atoms with Crippen LogP contribution >= 0.6 is 0 Å². The van der Waals surface area contributed by atoms with E-state index in [4.69, 9.17) is 0 Å². The van der Waals surface area contributed by atoms with E-state index in [2.05, 4.69) is 19.0 Å². The van der Waals surface area contributed by atoms with Gasteiger partial charge in [0.2, 0.25) is 5.91 Å². The van der Waals surface area contributed by atoms with Crippen LogP contribution in [0.3, 0.4) is 0 Å². The second-order valence-electron chi connectivity index (χ2n) is 5.40. The van der Waals surface area contributed by atoms with Crippen LogP contribution in [0.15, 0.2) is 24.3 Å². The average molecular weight is 264 g/mol. The Hall–Kier alpha value is -1.42. The summed E-state index contributed by atoms with van der Waals surface area (Å²) in [6.07, 6.45) is 2.56. The van der Waals surface area contributed by atoms with Crippen molar-refractivity contribution in [2.75, 3.05) is 27.2 Å². The van der Waals surface area contributed by atoms with Gasteiger partial charge in [-0.25, -0.2) is 4.39 Å². The second kappa shape index (κ2) is 6.15. The van der Waals surface area contributed by atoms with E-state index >= 15 is 0 Å². The maximum atomic E-state index is 12.8. The molecule has 3 nitrogen and oxygen atoms in total. The van der Waals surface area contributed by atoms with Crippen LogP contribution < -0.4 is 0 Å². The monoisotopic (exact) mass is 264 g/mol. The zero-order valence-corrected chi connectivity index (χ0v) is 11.6. The molecule has 1 aromatic rings. The van der Waals surface area contributed by atoms with Crippen molar-refractivity contribution < 1.29 is 9.18 Å². The smallest absolute Gasteiger partial charge is 0.227 e. The molecule has 1 saturated heterocycles. The molecule has 104 valence electrons. The molecule has 1 atom stereocenters. The fourth-order valence-electron chi connectivity index (χ4n) is 2.49. The summed E-state index contributed by atoms with van der Waals surface area (Å²) >= 11 is 0. The molecule has 1 amide bonds. The molecule has 19 heavy (non-hydrogen) atoms. The SMILES string of the molecule is CN(C)C1CCCN(C(=O)Cc2ccc(F)cc2)C1. The quantitative estimate of drug-likeness (QED) is 0.832. The van der Waals surface area contributed by atoms with Crippen molar-refractivity contribution in [2.24, 2.45) is 0 Å². The van der Waals surface area contributed by atoms with Gasteiger partial charge in [0.25, 0.3) is 0 Å². The molecule has 1 fully saturated rings. The highest BCUT2D eigenvalue weighted by Gasteiger charge is 2.24. The molecule has 4 heteroatoms. The van der Waals surface area contributed by atoms with E-state index in [1.54, 1.807) is 12.1 Å². The van der Waals surface area contributed by atoms with Crippen molar-refractivity contribution in [2.45, 2.75) is 25.3 Å². The first-order valence-electron chi connectivity index (χ1n) is 6.75. The van der Waals surface area contributed by atoms with Crippen molar-refractivity contribution in [3.63, 3.8) is 0 Å². The summed E-state index contributed by atoms with van der Waals surface area (Å²) in [4.78, 5) is 16.3. The zero-order valence-electron chi connectivity index (χ0n) is 11.6. The number of likely N-dealkylation sites (tertiary alicyclic amines) is 1. The van der Waals surface area contributed by atoms with Crippen molar-refractivity contribution in [1.29, 1.82) is 0 Å². The van der Waals surface area contributed by atoms with E-state index in [1.165, 1.54) is 12.1 Å². The second-order valence-corrected chi connectivity index (χ2v) is 5.40. The highest BCUT2D eigenvalue weighted by atomic mass is 19.1. The Bertz CT molecular complexity index is 430. The standard InChI is InChI=1S/C15H21FN2O/c1-17(2)14-4-3-9-18(11-14)15(19)10-12-5-7-13(16)8-6-12/h5-8,14H,3-4,9-11H2,1-2H3. The van der Waals surface area contributed by atoms with E-state index in [9.17, 15) is 9.18 Å². The molecule has 1 aliphatic rings. The minimum absolute atomic E-state index is 0.137. The number of carbonyl (C=O) groups excluding carboxylic acids is 1. The highest BCUT2D eigenvalue weighted by Crippen LogP contribution is 2.15. The number of nitrogens with zero attached hydrogens (tertiary/aromatic N) is 2. The molecule has 0 aliphatic carbocycles. The van der Waals surface area contributed by atoms with E-state index in [0.29, 0.717) is 12.5 Å². The van der Waals surface area contributed by atoms with Gasteiger partial charge in [0.1, 0.15) is 5.82 Å². The summed E-state index contributed by atoms with van der Waals surface area (Å²) in [5.74, 6) is -0.125. The van der Waals surface area contributed by atoms with Gasteiger partial charge >= 0.3 is 0 Å². The lowest BCUT2D eigenvalue weighted by Gasteiger charge is -2.36. The summed E-state index contributed by atoms with van der Waals surface area (Å²) in [7, 11) is 4.11. The number of amides is 1. The molecule has 2 rings (SSSR count). The maximum absolute atomic E-state index is 12.8. The van der Waals surface area contributed by atoms with Crippen LogP contribution in [-0.4, -0.2) is 48.9 Å². The lowest BCUT2D eigenvalue weighted by molar-refractivity contribution is -0.132. The third kappa shape index (κ3) is 3.77. The Kier molecular flexibility index (Phi) is 4.53. The predicted molar refractivity (Wildman–Crippen MR) is 73.4 cm³/mol. The fraction of sp³-hybridized carbons (Fsp3) is 0.533.